The molecule has 0 N–H and O–H groups in total. The lowest BCUT2D eigenvalue weighted by Crippen LogP contribution is -2.07. The van der Waals surface area contributed by atoms with E-state index in [0.29, 0.717) is 43.6 Å². The summed E-state index contributed by atoms with van der Waals surface area (Å²) in [6.45, 7) is 0. The van der Waals surface area contributed by atoms with Crippen molar-refractivity contribution in [2.24, 2.45) is 0 Å². The molecule has 0 fully saturated rings. The first-order valence-electron chi connectivity index (χ1n) is 26.2. The van der Waals surface area contributed by atoms with E-state index in [1.54, 1.807) is 64.3 Å². The molecule has 57 heavy (non-hydrogen) atoms. The molecule has 266 valence electrons. The summed E-state index contributed by atoms with van der Waals surface area (Å²) < 4.78 is 160. The lowest BCUT2D eigenvalue weighted by Gasteiger charge is -2.21. The van der Waals surface area contributed by atoms with Gasteiger partial charge in [0, 0.05) is 74.3 Å². The normalized spacial score (nSPS) is 16.0. The van der Waals surface area contributed by atoms with Crippen LogP contribution in [0.15, 0.2) is 188 Å². The Bertz CT molecular complexity index is 4330. The van der Waals surface area contributed by atoms with Crippen molar-refractivity contribution in [1.82, 2.24) is 33.6 Å². The van der Waals surface area contributed by atoms with Gasteiger partial charge >= 0.3 is 0 Å². The Morgan fingerprint density at radius 3 is 1.70 bits per heavy atom. The molecule has 6 aromatic carbocycles. The molecular weight excluding hydrogens is 699 g/mol. The van der Waals surface area contributed by atoms with E-state index in [2.05, 4.69) is 15.0 Å². The lowest BCUT2D eigenvalue weighted by molar-refractivity contribution is 1.04. The van der Waals surface area contributed by atoms with Gasteiger partial charge in [0.15, 0.2) is 5.82 Å². The molecule has 0 atom stereocenters. The second kappa shape index (κ2) is 12.3. The van der Waals surface area contributed by atoms with Crippen LogP contribution in [0.4, 0.5) is 0 Å². The van der Waals surface area contributed by atoms with Gasteiger partial charge in [-0.15, -0.1) is 0 Å². The second-order valence-corrected chi connectivity index (χ2v) is 13.1. The third-order valence-electron chi connectivity index (χ3n) is 10.1. The Morgan fingerprint density at radius 2 is 1.02 bits per heavy atom. The number of nitrogens with zero attached hydrogens (tertiary/aromatic N) is 7. The summed E-state index contributed by atoms with van der Waals surface area (Å²) in [5, 5.41) is 1.95. The monoisotopic (exact) mass is 746 g/mol. The van der Waals surface area contributed by atoms with Gasteiger partial charge in [-0.05, 0) is 42.4 Å². The Morgan fingerprint density at radius 1 is 0.439 bits per heavy atom. The number of para-hydroxylation sites is 5. The first-order chi connectivity index (χ1) is 35.4. The molecule has 0 saturated carbocycles. The van der Waals surface area contributed by atoms with E-state index in [1.165, 1.54) is 0 Å². The van der Waals surface area contributed by atoms with Crippen molar-refractivity contribution in [3.8, 4) is 39.8 Å². The molecule has 7 heteroatoms. The predicted molar refractivity (Wildman–Crippen MR) is 232 cm³/mol. The van der Waals surface area contributed by atoms with Gasteiger partial charge < -0.3 is 9.13 Å². The Balaban J connectivity index is 1.37. The topological polar surface area (TPSA) is 66.3 Å². The van der Waals surface area contributed by atoms with Gasteiger partial charge in [0.2, 0.25) is 0 Å². The molecule has 12 rings (SSSR count). The number of benzene rings is 6. The van der Waals surface area contributed by atoms with Crippen LogP contribution in [0, 0.1) is 0 Å². The van der Waals surface area contributed by atoms with Crippen molar-refractivity contribution in [3.63, 3.8) is 0 Å². The maximum atomic E-state index is 10.4. The molecule has 0 saturated heterocycles. The highest BCUT2D eigenvalue weighted by atomic mass is 15.1. The van der Waals surface area contributed by atoms with Crippen molar-refractivity contribution in [2.75, 3.05) is 0 Å². The number of hydrogen-bond donors (Lipinski definition) is 0. The van der Waals surface area contributed by atoms with Gasteiger partial charge in [-0.2, -0.15) is 0 Å². The van der Waals surface area contributed by atoms with Crippen LogP contribution < -0.4 is 0 Å². The van der Waals surface area contributed by atoms with Crippen molar-refractivity contribution in [3.05, 3.63) is 188 Å². The quantitative estimate of drug-likeness (QED) is 0.176. The maximum Gasteiger partial charge on any atom is 0.162 e. The zero-order valence-corrected chi connectivity index (χ0v) is 29.2. The SMILES string of the molecule is [2H]c1c(-c2c([2H])c([2H])c([2H])c(-n3c4ccccc4c4cnccc43)c2-n2c3ccccc3c3cnccc32)nc(-c2c([2H])c([2H])c([2H])c([2H])c2[2H])nc1-n1c2c([2H])c([2H])c([2H])c([2H])c2c2c([2H])c([2H])c([2H])c([2H])c21. The van der Waals surface area contributed by atoms with Crippen LogP contribution >= 0.6 is 0 Å². The fraction of sp³-hybridized carbons (Fsp3) is 0. The van der Waals surface area contributed by atoms with E-state index in [-0.39, 0.29) is 27.7 Å². The van der Waals surface area contributed by atoms with Crippen LogP contribution in [-0.4, -0.2) is 33.6 Å². The van der Waals surface area contributed by atoms with E-state index in [4.69, 9.17) is 20.1 Å². The summed E-state index contributed by atoms with van der Waals surface area (Å²) in [6, 6.07) is 5.68. The molecule has 0 aliphatic heterocycles. The zero-order valence-electron chi connectivity index (χ0n) is 46.2. The first-order valence-corrected chi connectivity index (χ1v) is 17.7. The molecule has 7 nitrogen and oxygen atoms in total. The van der Waals surface area contributed by atoms with E-state index in [9.17, 15) is 8.22 Å². The number of rotatable bonds is 5. The maximum absolute atomic E-state index is 10.4. The van der Waals surface area contributed by atoms with Gasteiger partial charge in [0.1, 0.15) is 5.82 Å². The number of hydrogen-bond acceptors (Lipinski definition) is 4. The second-order valence-electron chi connectivity index (χ2n) is 13.1. The highest BCUT2D eigenvalue weighted by Gasteiger charge is 2.24. The van der Waals surface area contributed by atoms with E-state index in [1.807, 2.05) is 30.3 Å². The highest BCUT2D eigenvalue weighted by Crippen LogP contribution is 2.42. The van der Waals surface area contributed by atoms with Crippen molar-refractivity contribution in [2.45, 2.75) is 0 Å². The fourth-order valence-corrected chi connectivity index (χ4v) is 7.78. The molecule has 0 aliphatic carbocycles. The molecule has 0 radical (unpaired) electrons. The molecule has 0 bridgehead atoms. The van der Waals surface area contributed by atoms with Gasteiger partial charge in [0.25, 0.3) is 0 Å². The minimum absolute atomic E-state index is 0.00378. The minimum atomic E-state index is -0.793. The lowest BCUT2D eigenvalue weighted by atomic mass is 10.1. The first kappa shape index (κ1) is 19.1. The van der Waals surface area contributed by atoms with E-state index >= 15 is 0 Å². The average Bonchev–Trinajstić information content (AvgIpc) is 4.06. The largest absolute Gasteiger partial charge is 0.307 e. The van der Waals surface area contributed by atoms with Crippen LogP contribution in [0.3, 0.4) is 0 Å². The van der Waals surface area contributed by atoms with Gasteiger partial charge in [-0.25, -0.2) is 9.97 Å². The Hall–Kier alpha value is -7.90. The van der Waals surface area contributed by atoms with Crippen LogP contribution in [0.5, 0.6) is 0 Å². The highest BCUT2D eigenvalue weighted by molar-refractivity contribution is 6.12. The number of aromatic nitrogens is 7. The summed E-state index contributed by atoms with van der Waals surface area (Å²) in [7, 11) is 0. The molecular formula is C50H31N7. The summed E-state index contributed by atoms with van der Waals surface area (Å²) in [5.41, 5.74) is -0.246. The van der Waals surface area contributed by atoms with Crippen molar-refractivity contribution in [1.29, 1.82) is 0 Å². The van der Waals surface area contributed by atoms with Crippen LogP contribution in [0.25, 0.3) is 105 Å². The Kier molecular flexibility index (Phi) is 4.13. The molecule has 0 unspecified atom stereocenters. The molecule has 0 amide bonds. The van der Waals surface area contributed by atoms with Crippen molar-refractivity contribution >= 4 is 65.4 Å². The summed E-state index contributed by atoms with van der Waals surface area (Å²) in [4.78, 5) is 18.3. The summed E-state index contributed by atoms with van der Waals surface area (Å²) >= 11 is 0. The summed E-state index contributed by atoms with van der Waals surface area (Å²) in [6.07, 6.45) is 6.41. The number of fused-ring (bicyclic) bond motifs is 9. The molecule has 6 aromatic heterocycles. The minimum Gasteiger partial charge on any atom is -0.307 e. The van der Waals surface area contributed by atoms with Gasteiger partial charge in [0.05, 0.1) is 73.5 Å². The number of pyridine rings is 2. The Labute approximate surface area is 350 Å². The van der Waals surface area contributed by atoms with Crippen LogP contribution in [0.2, 0.25) is 0 Å². The predicted octanol–water partition coefficient (Wildman–Crippen LogP) is 11.9. The molecule has 12 aromatic rings. The molecule has 6 heterocycles. The van der Waals surface area contributed by atoms with Crippen LogP contribution in [-0.2, 0) is 0 Å². The van der Waals surface area contributed by atoms with E-state index < -0.39 is 137 Å². The smallest absolute Gasteiger partial charge is 0.162 e. The standard InChI is InChI=1S/C50H31N7/c1-2-13-32(14-3-1)50-53-40(29-48(54-50)56-42-21-9-4-15-33(42)34-16-5-10-22-43(34)56)37-19-12-24-47(55-41-20-8-6-17-35(41)38-30-51-27-25-45(38)55)49(37)57-44-23-11-7-18-36(44)39-31-52-28-26-46(39)57/h1-31H/i1D,2D,3D,4D,5D,9D,10D,12D,13D,14D,15D,16D,19D,21D,22D,24D,29D. The van der Waals surface area contributed by atoms with E-state index in [0.717, 1.165) is 4.57 Å². The van der Waals surface area contributed by atoms with Crippen molar-refractivity contribution < 1.29 is 23.3 Å². The molecule has 0 aliphatic rings. The zero-order chi connectivity index (χ0) is 52.2. The fourth-order valence-electron chi connectivity index (χ4n) is 7.78. The van der Waals surface area contributed by atoms with Crippen LogP contribution in [0.1, 0.15) is 23.3 Å². The third-order valence-corrected chi connectivity index (χ3v) is 10.1. The average molecular weight is 747 g/mol. The third kappa shape index (κ3) is 4.66. The van der Waals surface area contributed by atoms with Gasteiger partial charge in [-0.3, -0.25) is 14.5 Å². The molecule has 0 spiro atoms. The van der Waals surface area contributed by atoms with Gasteiger partial charge in [-0.1, -0.05) is 115 Å². The summed E-state index contributed by atoms with van der Waals surface area (Å²) in [5.74, 6) is -1.32.